The molecule has 0 aromatic heterocycles. The summed E-state index contributed by atoms with van der Waals surface area (Å²) in [5.74, 6) is 0. The Morgan fingerprint density at radius 1 is 1.00 bits per heavy atom. The summed E-state index contributed by atoms with van der Waals surface area (Å²) in [5.41, 5.74) is 0. The molecule has 0 rings (SSSR count). The minimum atomic E-state index is 0. The fourth-order valence-electron chi connectivity index (χ4n) is 0. The van der Waals surface area contributed by atoms with Crippen LogP contribution in [0.2, 0.25) is 13.1 Å². The van der Waals surface area contributed by atoms with E-state index in [9.17, 15) is 0 Å². The Kier molecular flexibility index (Phi) is 121. The Labute approximate surface area is 36.0 Å². The first-order valence-electron chi connectivity index (χ1n) is 1.00. The third kappa shape index (κ3) is 1010. The van der Waals surface area contributed by atoms with Crippen LogP contribution in [0.5, 0.6) is 0 Å². The van der Waals surface area contributed by atoms with Gasteiger partial charge in [-0.15, -0.1) is 0 Å². The molecule has 8 radical (unpaired) electrons. The molecule has 0 spiro atoms. The van der Waals surface area contributed by atoms with Gasteiger partial charge < -0.3 is 0 Å². The van der Waals surface area contributed by atoms with Crippen molar-refractivity contribution in [1.82, 2.24) is 12.3 Å². The van der Waals surface area contributed by atoms with Gasteiger partial charge in [0.15, 0.2) is 0 Å². The van der Waals surface area contributed by atoms with Gasteiger partial charge in [-0.1, -0.05) is 13.1 Å². The third-order valence-corrected chi connectivity index (χ3v) is 0. The van der Waals surface area contributed by atoms with Crippen molar-refractivity contribution in [2.24, 2.45) is 0 Å². The molecule has 0 aliphatic carbocycles. The number of nitrogens with zero attached hydrogens (tertiary/aromatic N) is 2. The molecule has 0 saturated carbocycles. The number of rotatable bonds is 0. The van der Waals surface area contributed by atoms with Crippen LogP contribution in [0.1, 0.15) is 0 Å². The smallest absolute Gasteiger partial charge is 0.0307 e. The third-order valence-electron chi connectivity index (χ3n) is 0. The predicted octanol–water partition coefficient (Wildman–Crippen LogP) is -0.174. The second-order valence-electron chi connectivity index (χ2n) is 0.500. The molecule has 28 valence electrons. The van der Waals surface area contributed by atoms with E-state index in [4.69, 9.17) is 0 Å². The summed E-state index contributed by atoms with van der Waals surface area (Å²) in [6.45, 7) is 4.31. The molecule has 0 aromatic carbocycles. The zero-order valence-electron chi connectivity index (χ0n) is 3.39. The highest BCUT2D eigenvalue weighted by molar-refractivity contribution is 6.31. The molecule has 2 nitrogen and oxygen atoms in total. The van der Waals surface area contributed by atoms with E-state index >= 15 is 0 Å². The van der Waals surface area contributed by atoms with E-state index in [-0.39, 0.29) is 12.3 Å². The molecular weight excluding hydrogens is 80.1 g/mol. The predicted molar refractivity (Wildman–Crippen MR) is 21.7 cm³/mol. The summed E-state index contributed by atoms with van der Waals surface area (Å²) in [4.78, 5) is 0. The summed E-state index contributed by atoms with van der Waals surface area (Å²) in [5, 5.41) is 0. The van der Waals surface area contributed by atoms with Gasteiger partial charge in [0, 0.05) is 21.8 Å². The normalized spacial score (nSPS) is 3.60. The van der Waals surface area contributed by atoms with Crippen LogP contribution in [0.3, 0.4) is 0 Å². The van der Waals surface area contributed by atoms with E-state index in [0.717, 1.165) is 9.52 Å². The van der Waals surface area contributed by atoms with Crippen molar-refractivity contribution in [3.05, 3.63) is 0 Å². The van der Waals surface area contributed by atoms with E-state index in [0.29, 0.717) is 0 Å². The fourth-order valence-corrected chi connectivity index (χ4v) is 0. The van der Waals surface area contributed by atoms with Gasteiger partial charge in [0.2, 0.25) is 0 Å². The van der Waals surface area contributed by atoms with E-state index in [2.05, 4.69) is 13.1 Å². The van der Waals surface area contributed by atoms with Crippen LogP contribution in [0.4, 0.5) is 0 Å². The maximum atomic E-state index is 2.15. The second-order valence-corrected chi connectivity index (χ2v) is 1.50. The zero-order valence-corrected chi connectivity index (χ0v) is 4.39. The summed E-state index contributed by atoms with van der Waals surface area (Å²) in [6, 6.07) is 0. The lowest BCUT2D eigenvalue weighted by Gasteiger charge is -1.44. The van der Waals surface area contributed by atoms with Crippen molar-refractivity contribution in [1.29, 1.82) is 0 Å². The molecular formula is C2H6N2Si. The van der Waals surface area contributed by atoms with E-state index in [1.54, 1.807) is 0 Å². The highest BCUT2D eigenvalue weighted by atomic mass is 28.2. The Morgan fingerprint density at radius 2 is 1.00 bits per heavy atom. The van der Waals surface area contributed by atoms with Crippen LogP contribution in [0, 0.1) is 0 Å². The van der Waals surface area contributed by atoms with Gasteiger partial charge in [0.25, 0.3) is 0 Å². The summed E-state index contributed by atoms with van der Waals surface area (Å²) in [6.07, 6.45) is 0. The molecule has 3 heteroatoms. The minimum Gasteiger partial charge on any atom is -0.0735 e. The van der Waals surface area contributed by atoms with E-state index in [1.807, 2.05) is 0 Å². The van der Waals surface area contributed by atoms with E-state index in [1.165, 1.54) is 0 Å². The molecule has 0 fully saturated rings. The largest absolute Gasteiger partial charge is 0.0735 e. The quantitative estimate of drug-likeness (QED) is 0.367. The summed E-state index contributed by atoms with van der Waals surface area (Å²) >= 11 is 0. The molecule has 0 aliphatic rings. The molecule has 0 saturated heterocycles. The lowest BCUT2D eigenvalue weighted by Crippen LogP contribution is -1.53. The maximum absolute atomic E-state index is 2.15. The van der Waals surface area contributed by atoms with Gasteiger partial charge in [0.1, 0.15) is 0 Å². The Morgan fingerprint density at radius 3 is 1.00 bits per heavy atom. The molecule has 0 N–H and O–H groups in total. The average Bonchev–Trinajstić information content (AvgIpc) is 0.918. The van der Waals surface area contributed by atoms with Crippen LogP contribution in [0.25, 0.3) is 0 Å². The van der Waals surface area contributed by atoms with Crippen LogP contribution in [0.15, 0.2) is 0 Å². The standard InChI is InChI=1S/C2H6Si.2N/c1-3-2;;/h1-2H3;;. The molecule has 0 atom stereocenters. The summed E-state index contributed by atoms with van der Waals surface area (Å²) < 4.78 is 0. The molecule has 0 heterocycles. The van der Waals surface area contributed by atoms with Crippen LogP contribution < -0.4 is 12.3 Å². The first-order valence-corrected chi connectivity index (χ1v) is 3.00. The number of hydrogen-bond donors (Lipinski definition) is 0. The van der Waals surface area contributed by atoms with Crippen LogP contribution >= 0.6 is 0 Å². The zero-order chi connectivity index (χ0) is 2.71. The van der Waals surface area contributed by atoms with Gasteiger partial charge >= 0.3 is 0 Å². The lowest BCUT2D eigenvalue weighted by atomic mass is 11.9. The van der Waals surface area contributed by atoms with Crippen molar-refractivity contribution >= 4 is 9.52 Å². The van der Waals surface area contributed by atoms with Crippen molar-refractivity contribution in [2.45, 2.75) is 13.1 Å². The monoisotopic (exact) mass is 86.0 g/mol. The van der Waals surface area contributed by atoms with Crippen LogP contribution in [-0.2, 0) is 0 Å². The first-order chi connectivity index (χ1) is 1.41. The van der Waals surface area contributed by atoms with Crippen molar-refractivity contribution in [2.75, 3.05) is 0 Å². The Bertz CT molecular complexity index is 7.61. The lowest BCUT2D eigenvalue weighted by molar-refractivity contribution is 2.13. The molecule has 0 aliphatic heterocycles. The fraction of sp³-hybridized carbons (Fsp3) is 1.00. The van der Waals surface area contributed by atoms with E-state index < -0.39 is 0 Å². The first kappa shape index (κ1) is 19.3. The van der Waals surface area contributed by atoms with Gasteiger partial charge in [0.05, 0.1) is 0 Å². The van der Waals surface area contributed by atoms with Crippen molar-refractivity contribution < 1.29 is 0 Å². The van der Waals surface area contributed by atoms with Gasteiger partial charge in [-0.25, -0.2) is 0 Å². The van der Waals surface area contributed by atoms with Gasteiger partial charge in [-0.05, 0) is 0 Å². The second kappa shape index (κ2) is 31.5. The minimum absolute atomic E-state index is 0. The van der Waals surface area contributed by atoms with Gasteiger partial charge in [-0.2, -0.15) is 0 Å². The highest BCUT2D eigenvalue weighted by Crippen LogP contribution is 1.36. The van der Waals surface area contributed by atoms with Gasteiger partial charge in [-0.3, -0.25) is 0 Å². The molecule has 0 aromatic rings. The number of hydrogen-bond acceptors (Lipinski definition) is 0. The Balaban J connectivity index is -0.0000000200. The molecule has 0 bridgehead atoms. The Hall–Kier alpha value is 0.137. The molecule has 0 unspecified atom stereocenters. The molecule has 5 heavy (non-hydrogen) atoms. The molecule has 0 amide bonds. The highest BCUT2D eigenvalue weighted by Gasteiger charge is 1.39. The van der Waals surface area contributed by atoms with Crippen molar-refractivity contribution in [3.63, 3.8) is 0 Å². The van der Waals surface area contributed by atoms with Crippen molar-refractivity contribution in [3.8, 4) is 0 Å². The average molecular weight is 86.2 g/mol. The summed E-state index contributed by atoms with van der Waals surface area (Å²) in [7, 11) is 1.08. The maximum Gasteiger partial charge on any atom is 0.0307 e. The topological polar surface area (TPSA) is 61.0 Å². The van der Waals surface area contributed by atoms with Crippen LogP contribution in [-0.4, -0.2) is 9.52 Å². The SMILES string of the molecule is C[Si]C.[N].[N].